The fourth-order valence-corrected chi connectivity index (χ4v) is 4.01. The SMILES string of the molecule is CC(=O)Nc1ccc(C)cc1NC(=O)CSc1nnc(-c2ccco2)n1Cc1ccccc1. The number of nitrogens with one attached hydrogen (secondary N) is 2. The average molecular weight is 462 g/mol. The molecule has 4 rings (SSSR count). The summed E-state index contributed by atoms with van der Waals surface area (Å²) in [7, 11) is 0. The average Bonchev–Trinajstić information content (AvgIpc) is 3.45. The fourth-order valence-electron chi connectivity index (χ4n) is 3.27. The maximum absolute atomic E-state index is 12.7. The van der Waals surface area contributed by atoms with E-state index in [4.69, 9.17) is 4.42 Å². The third-order valence-electron chi connectivity index (χ3n) is 4.73. The van der Waals surface area contributed by atoms with Crippen LogP contribution < -0.4 is 10.6 Å². The third-order valence-corrected chi connectivity index (χ3v) is 5.70. The van der Waals surface area contributed by atoms with E-state index < -0.39 is 0 Å². The van der Waals surface area contributed by atoms with Gasteiger partial charge in [-0.3, -0.25) is 14.2 Å². The van der Waals surface area contributed by atoms with Crippen molar-refractivity contribution in [1.29, 1.82) is 0 Å². The lowest BCUT2D eigenvalue weighted by atomic mass is 10.2. The molecule has 0 aliphatic carbocycles. The summed E-state index contributed by atoms with van der Waals surface area (Å²) in [6.07, 6.45) is 1.59. The lowest BCUT2D eigenvalue weighted by molar-refractivity contribution is -0.115. The molecule has 2 N–H and O–H groups in total. The maximum Gasteiger partial charge on any atom is 0.234 e. The van der Waals surface area contributed by atoms with Gasteiger partial charge in [-0.1, -0.05) is 48.2 Å². The molecule has 0 aliphatic rings. The van der Waals surface area contributed by atoms with Crippen molar-refractivity contribution in [1.82, 2.24) is 14.8 Å². The van der Waals surface area contributed by atoms with Crippen LogP contribution >= 0.6 is 11.8 Å². The number of thioether (sulfide) groups is 1. The van der Waals surface area contributed by atoms with Crippen LogP contribution in [0, 0.1) is 6.92 Å². The highest BCUT2D eigenvalue weighted by Crippen LogP contribution is 2.27. The number of aryl methyl sites for hydroxylation is 1. The van der Waals surface area contributed by atoms with E-state index >= 15 is 0 Å². The van der Waals surface area contributed by atoms with Crippen LogP contribution in [0.4, 0.5) is 11.4 Å². The van der Waals surface area contributed by atoms with Gasteiger partial charge in [0.25, 0.3) is 0 Å². The maximum atomic E-state index is 12.7. The normalized spacial score (nSPS) is 10.7. The van der Waals surface area contributed by atoms with E-state index in [1.54, 1.807) is 18.4 Å². The molecule has 0 atom stereocenters. The number of carbonyl (C=O) groups is 2. The summed E-state index contributed by atoms with van der Waals surface area (Å²) in [4.78, 5) is 24.2. The second-order valence-electron chi connectivity index (χ2n) is 7.42. The van der Waals surface area contributed by atoms with Crippen molar-refractivity contribution in [2.45, 2.75) is 25.5 Å². The highest BCUT2D eigenvalue weighted by molar-refractivity contribution is 7.99. The minimum atomic E-state index is -0.217. The van der Waals surface area contributed by atoms with E-state index in [0.717, 1.165) is 11.1 Å². The molecular weight excluding hydrogens is 438 g/mol. The molecule has 0 saturated carbocycles. The van der Waals surface area contributed by atoms with Gasteiger partial charge in [-0.2, -0.15) is 0 Å². The summed E-state index contributed by atoms with van der Waals surface area (Å²) in [6.45, 7) is 3.89. The largest absolute Gasteiger partial charge is 0.461 e. The van der Waals surface area contributed by atoms with E-state index in [2.05, 4.69) is 20.8 Å². The van der Waals surface area contributed by atoms with Gasteiger partial charge in [0.05, 0.1) is 29.9 Å². The van der Waals surface area contributed by atoms with Crippen LogP contribution in [-0.2, 0) is 16.1 Å². The molecule has 0 radical (unpaired) electrons. The number of hydrogen-bond acceptors (Lipinski definition) is 6. The van der Waals surface area contributed by atoms with Gasteiger partial charge in [0.1, 0.15) is 0 Å². The zero-order valence-corrected chi connectivity index (χ0v) is 19.1. The molecule has 2 aromatic carbocycles. The van der Waals surface area contributed by atoms with Crippen molar-refractivity contribution >= 4 is 35.0 Å². The highest BCUT2D eigenvalue weighted by Gasteiger charge is 2.18. The van der Waals surface area contributed by atoms with E-state index in [0.29, 0.717) is 34.7 Å². The van der Waals surface area contributed by atoms with Gasteiger partial charge in [0.15, 0.2) is 10.9 Å². The summed E-state index contributed by atoms with van der Waals surface area (Å²) >= 11 is 1.28. The number of aromatic nitrogens is 3. The highest BCUT2D eigenvalue weighted by atomic mass is 32.2. The van der Waals surface area contributed by atoms with E-state index in [-0.39, 0.29) is 17.6 Å². The topological polar surface area (TPSA) is 102 Å². The van der Waals surface area contributed by atoms with Gasteiger partial charge in [0.2, 0.25) is 17.6 Å². The Labute approximate surface area is 195 Å². The van der Waals surface area contributed by atoms with E-state index in [1.165, 1.54) is 18.7 Å². The molecular formula is C24H23N5O3S. The van der Waals surface area contributed by atoms with Crippen LogP contribution in [0.3, 0.4) is 0 Å². The van der Waals surface area contributed by atoms with E-state index in [9.17, 15) is 9.59 Å². The molecule has 33 heavy (non-hydrogen) atoms. The van der Waals surface area contributed by atoms with Crippen molar-refractivity contribution in [3.8, 4) is 11.6 Å². The van der Waals surface area contributed by atoms with Crippen LogP contribution in [0.5, 0.6) is 0 Å². The van der Waals surface area contributed by atoms with Gasteiger partial charge in [-0.05, 0) is 42.3 Å². The zero-order chi connectivity index (χ0) is 23.2. The quantitative estimate of drug-likeness (QED) is 0.372. The molecule has 0 bridgehead atoms. The minimum Gasteiger partial charge on any atom is -0.461 e. The molecule has 2 heterocycles. The van der Waals surface area contributed by atoms with Crippen molar-refractivity contribution < 1.29 is 14.0 Å². The molecule has 8 nitrogen and oxygen atoms in total. The Kier molecular flexibility index (Phi) is 6.89. The van der Waals surface area contributed by atoms with Gasteiger partial charge in [-0.25, -0.2) is 0 Å². The predicted octanol–water partition coefficient (Wildman–Crippen LogP) is 4.58. The fraction of sp³-hybridized carbons (Fsp3) is 0.167. The van der Waals surface area contributed by atoms with Crippen LogP contribution in [0.25, 0.3) is 11.6 Å². The number of furan rings is 1. The number of benzene rings is 2. The number of amides is 2. The second kappa shape index (κ2) is 10.2. The molecule has 0 spiro atoms. The molecule has 0 fully saturated rings. The molecule has 0 unspecified atom stereocenters. The second-order valence-corrected chi connectivity index (χ2v) is 8.36. The van der Waals surface area contributed by atoms with Crippen LogP contribution in [0.15, 0.2) is 76.5 Å². The molecule has 4 aromatic rings. The van der Waals surface area contributed by atoms with Gasteiger partial charge in [0, 0.05) is 6.92 Å². The molecule has 0 saturated heterocycles. The predicted molar refractivity (Wildman–Crippen MR) is 128 cm³/mol. The van der Waals surface area contributed by atoms with Crippen LogP contribution in [0.1, 0.15) is 18.1 Å². The molecule has 9 heteroatoms. The Morgan fingerprint density at radius 3 is 2.55 bits per heavy atom. The van der Waals surface area contributed by atoms with Gasteiger partial charge < -0.3 is 15.1 Å². The lowest BCUT2D eigenvalue weighted by Crippen LogP contribution is -2.17. The molecule has 2 amide bonds. The number of carbonyl (C=O) groups excluding carboxylic acids is 2. The minimum absolute atomic E-state index is 0.124. The Morgan fingerprint density at radius 1 is 1.00 bits per heavy atom. The summed E-state index contributed by atoms with van der Waals surface area (Å²) < 4.78 is 7.46. The Bertz CT molecular complexity index is 1250. The van der Waals surface area contributed by atoms with E-state index in [1.807, 2.05) is 60.0 Å². The van der Waals surface area contributed by atoms with Crippen molar-refractivity contribution in [3.63, 3.8) is 0 Å². The third kappa shape index (κ3) is 5.69. The lowest BCUT2D eigenvalue weighted by Gasteiger charge is -2.13. The molecule has 0 aliphatic heterocycles. The van der Waals surface area contributed by atoms with Gasteiger partial charge in [-0.15, -0.1) is 10.2 Å². The van der Waals surface area contributed by atoms with Gasteiger partial charge >= 0.3 is 0 Å². The monoisotopic (exact) mass is 461 g/mol. The summed E-state index contributed by atoms with van der Waals surface area (Å²) in [5.41, 5.74) is 3.16. The van der Waals surface area contributed by atoms with Crippen LogP contribution in [0.2, 0.25) is 0 Å². The Balaban J connectivity index is 1.51. The first kappa shape index (κ1) is 22.3. The zero-order valence-electron chi connectivity index (χ0n) is 18.2. The van der Waals surface area contributed by atoms with Crippen molar-refractivity contribution in [2.75, 3.05) is 16.4 Å². The number of hydrogen-bond donors (Lipinski definition) is 2. The Morgan fingerprint density at radius 2 is 1.82 bits per heavy atom. The Hall–Kier alpha value is -3.85. The summed E-state index contributed by atoms with van der Waals surface area (Å²) in [6, 6.07) is 19.0. The summed E-state index contributed by atoms with van der Waals surface area (Å²) in [5.74, 6) is 0.903. The molecule has 168 valence electrons. The van der Waals surface area contributed by atoms with Crippen LogP contribution in [-0.4, -0.2) is 32.3 Å². The first-order valence-corrected chi connectivity index (χ1v) is 11.3. The standard InChI is InChI=1S/C24H23N5O3S/c1-16-10-11-19(25-17(2)30)20(13-16)26-22(31)15-33-24-28-27-23(21-9-6-12-32-21)29(24)14-18-7-4-3-5-8-18/h3-13H,14-15H2,1-2H3,(H,25,30)(H,26,31). The van der Waals surface area contributed by atoms with Crippen molar-refractivity contribution in [3.05, 3.63) is 78.1 Å². The first-order valence-electron chi connectivity index (χ1n) is 10.3. The number of nitrogens with zero attached hydrogens (tertiary/aromatic N) is 3. The number of rotatable bonds is 8. The first-order chi connectivity index (χ1) is 16.0. The summed E-state index contributed by atoms with van der Waals surface area (Å²) in [5, 5.41) is 14.8. The number of anilines is 2. The molecule has 2 aromatic heterocycles. The smallest absolute Gasteiger partial charge is 0.234 e. The van der Waals surface area contributed by atoms with Crippen molar-refractivity contribution in [2.24, 2.45) is 0 Å².